The second-order valence-corrected chi connectivity index (χ2v) is 7.77. The van der Waals surface area contributed by atoms with Crippen LogP contribution in [0.15, 0.2) is 18.2 Å². The van der Waals surface area contributed by atoms with Crippen LogP contribution in [0.3, 0.4) is 0 Å². The summed E-state index contributed by atoms with van der Waals surface area (Å²) >= 11 is 0. The topological polar surface area (TPSA) is 82.1 Å². The molecule has 0 bridgehead atoms. The van der Waals surface area contributed by atoms with Gasteiger partial charge in [0.2, 0.25) is 17.6 Å². The normalized spacial score (nSPS) is 28.4. The molecular weight excluding hydrogens is 362 g/mol. The molecule has 0 amide bonds. The Bertz CT molecular complexity index is 800. The molecule has 0 saturated carbocycles. The fourth-order valence-corrected chi connectivity index (χ4v) is 4.19. The number of carbonyl (C=O) groups excluding carboxylic acids is 3. The zero-order valence-electron chi connectivity index (χ0n) is 16.1. The van der Waals surface area contributed by atoms with Crippen molar-refractivity contribution in [1.82, 2.24) is 4.90 Å². The third-order valence-corrected chi connectivity index (χ3v) is 5.70. The van der Waals surface area contributed by atoms with Crippen molar-refractivity contribution in [1.29, 1.82) is 0 Å². The van der Waals surface area contributed by atoms with Crippen molar-refractivity contribution < 1.29 is 28.6 Å². The molecule has 2 fully saturated rings. The van der Waals surface area contributed by atoms with Gasteiger partial charge in [-0.3, -0.25) is 19.3 Å². The van der Waals surface area contributed by atoms with Gasteiger partial charge in [0.15, 0.2) is 0 Å². The molecule has 4 rings (SSSR count). The van der Waals surface area contributed by atoms with Crippen molar-refractivity contribution in [3.63, 3.8) is 0 Å². The summed E-state index contributed by atoms with van der Waals surface area (Å²) in [7, 11) is 0. The molecule has 2 unspecified atom stereocenters. The lowest BCUT2D eigenvalue weighted by Crippen LogP contribution is -2.61. The molecule has 0 aromatic heterocycles. The third-order valence-electron chi connectivity index (χ3n) is 5.70. The summed E-state index contributed by atoms with van der Waals surface area (Å²) < 4.78 is 16.9. The minimum atomic E-state index is -1.60. The number of esters is 2. The summed E-state index contributed by atoms with van der Waals surface area (Å²) in [6.45, 7) is 3.54. The molecule has 1 aromatic carbocycles. The Morgan fingerprint density at radius 3 is 2.61 bits per heavy atom. The summed E-state index contributed by atoms with van der Waals surface area (Å²) in [5.74, 6) is -0.621. The molecule has 0 spiro atoms. The van der Waals surface area contributed by atoms with Gasteiger partial charge in [-0.25, -0.2) is 0 Å². The highest BCUT2D eigenvalue weighted by atomic mass is 16.6. The molecule has 3 aliphatic rings. The fourth-order valence-electron chi connectivity index (χ4n) is 4.19. The largest absolute Gasteiger partial charge is 0.493 e. The lowest BCUT2D eigenvalue weighted by molar-refractivity contribution is -0.204. The van der Waals surface area contributed by atoms with Crippen LogP contribution in [0.1, 0.15) is 54.9 Å². The number of fused-ring (bicyclic) bond motifs is 1. The molecule has 3 heterocycles. The molecule has 0 radical (unpaired) electrons. The highest BCUT2D eigenvalue weighted by Crippen LogP contribution is 2.33. The number of ether oxygens (including phenoxy) is 3. The maximum atomic E-state index is 13.6. The molecule has 3 aliphatic heterocycles. The van der Waals surface area contributed by atoms with E-state index in [2.05, 4.69) is 0 Å². The van der Waals surface area contributed by atoms with Gasteiger partial charge in [-0.15, -0.1) is 0 Å². The van der Waals surface area contributed by atoms with E-state index in [9.17, 15) is 14.4 Å². The van der Waals surface area contributed by atoms with Gasteiger partial charge >= 0.3 is 11.9 Å². The van der Waals surface area contributed by atoms with Gasteiger partial charge in [0.25, 0.3) is 0 Å². The first-order valence-corrected chi connectivity index (χ1v) is 9.93. The summed E-state index contributed by atoms with van der Waals surface area (Å²) in [6, 6.07) is 5.24. The van der Waals surface area contributed by atoms with Crippen LogP contribution in [-0.4, -0.2) is 54.1 Å². The van der Waals surface area contributed by atoms with E-state index in [4.69, 9.17) is 14.2 Å². The average molecular weight is 387 g/mol. The van der Waals surface area contributed by atoms with E-state index in [1.807, 2.05) is 4.90 Å². The SMILES string of the molecule is CC1(C(=O)c2ccc3c(c2)CCO3)OC(=O)CCC(=O)OC1N1CCCCC1. The van der Waals surface area contributed by atoms with E-state index in [0.29, 0.717) is 25.3 Å². The molecule has 0 aliphatic carbocycles. The van der Waals surface area contributed by atoms with Crippen LogP contribution >= 0.6 is 0 Å². The Hall–Kier alpha value is -2.41. The molecular formula is C21H25NO6. The minimum absolute atomic E-state index is 0.0381. The predicted octanol–water partition coefficient (Wildman–Crippen LogP) is 2.26. The van der Waals surface area contributed by atoms with Gasteiger partial charge in [0.1, 0.15) is 5.75 Å². The van der Waals surface area contributed by atoms with Crippen LogP contribution in [0.25, 0.3) is 0 Å². The monoisotopic (exact) mass is 387 g/mol. The van der Waals surface area contributed by atoms with Crippen LogP contribution in [-0.2, 0) is 25.5 Å². The summed E-state index contributed by atoms with van der Waals surface area (Å²) in [4.78, 5) is 40.1. The molecule has 0 N–H and O–H groups in total. The summed E-state index contributed by atoms with van der Waals surface area (Å²) in [5.41, 5.74) is -0.214. The Labute approximate surface area is 163 Å². The van der Waals surface area contributed by atoms with Crippen molar-refractivity contribution in [2.45, 2.75) is 57.3 Å². The number of Topliss-reactive ketones (excluding diaryl/α,β-unsaturated/α-hetero) is 1. The molecule has 1 aromatic rings. The third kappa shape index (κ3) is 3.51. The average Bonchev–Trinajstić information content (AvgIpc) is 3.17. The summed E-state index contributed by atoms with van der Waals surface area (Å²) in [6.07, 6.45) is 2.66. The van der Waals surface area contributed by atoms with E-state index >= 15 is 0 Å². The Balaban J connectivity index is 1.71. The highest BCUT2D eigenvalue weighted by Gasteiger charge is 2.51. The number of ketones is 1. The number of likely N-dealkylation sites (tertiary alicyclic amines) is 1. The molecule has 2 saturated heterocycles. The number of nitrogens with zero attached hydrogens (tertiary/aromatic N) is 1. The standard InChI is InChI=1S/C21H25NO6/c1-21(19(25)15-5-6-16-14(13-15)9-12-26-16)20(22-10-3-2-4-11-22)27-17(23)7-8-18(24)28-21/h5-6,13,20H,2-4,7-12H2,1H3. The minimum Gasteiger partial charge on any atom is -0.493 e. The van der Waals surface area contributed by atoms with E-state index < -0.39 is 23.8 Å². The molecule has 7 heteroatoms. The molecule has 7 nitrogen and oxygen atoms in total. The summed E-state index contributed by atoms with van der Waals surface area (Å²) in [5, 5.41) is 0. The van der Waals surface area contributed by atoms with Crippen molar-refractivity contribution in [3.05, 3.63) is 29.3 Å². The molecule has 28 heavy (non-hydrogen) atoms. The van der Waals surface area contributed by atoms with Crippen molar-refractivity contribution >= 4 is 17.7 Å². The van der Waals surface area contributed by atoms with Gasteiger partial charge in [-0.05, 0) is 43.5 Å². The first-order valence-electron chi connectivity index (χ1n) is 9.93. The van der Waals surface area contributed by atoms with Crippen LogP contribution in [0, 0.1) is 0 Å². The van der Waals surface area contributed by atoms with Gasteiger partial charge < -0.3 is 14.2 Å². The first kappa shape index (κ1) is 18.9. The lowest BCUT2D eigenvalue weighted by atomic mass is 9.89. The van der Waals surface area contributed by atoms with Gasteiger partial charge in [0.05, 0.1) is 19.4 Å². The second kappa shape index (κ2) is 7.54. The Kier molecular flexibility index (Phi) is 5.10. The molecule has 2 atom stereocenters. The first-order chi connectivity index (χ1) is 13.5. The fraction of sp³-hybridized carbons (Fsp3) is 0.571. The predicted molar refractivity (Wildman–Crippen MR) is 99.0 cm³/mol. The smallest absolute Gasteiger partial charge is 0.308 e. The van der Waals surface area contributed by atoms with Crippen LogP contribution in [0.5, 0.6) is 5.75 Å². The number of rotatable bonds is 3. The number of hydrogen-bond donors (Lipinski definition) is 0. The van der Waals surface area contributed by atoms with E-state index in [-0.39, 0.29) is 18.6 Å². The number of cyclic esters (lactones) is 2. The van der Waals surface area contributed by atoms with Gasteiger partial charge in [-0.1, -0.05) is 6.42 Å². The second-order valence-electron chi connectivity index (χ2n) is 7.77. The van der Waals surface area contributed by atoms with Gasteiger partial charge in [-0.2, -0.15) is 0 Å². The Morgan fingerprint density at radius 2 is 1.82 bits per heavy atom. The van der Waals surface area contributed by atoms with Crippen LogP contribution in [0.2, 0.25) is 0 Å². The van der Waals surface area contributed by atoms with E-state index in [0.717, 1.165) is 37.0 Å². The Morgan fingerprint density at radius 1 is 1.07 bits per heavy atom. The van der Waals surface area contributed by atoms with E-state index in [1.54, 1.807) is 25.1 Å². The van der Waals surface area contributed by atoms with Crippen LogP contribution in [0.4, 0.5) is 0 Å². The maximum absolute atomic E-state index is 13.6. The van der Waals surface area contributed by atoms with Crippen LogP contribution < -0.4 is 4.74 Å². The lowest BCUT2D eigenvalue weighted by Gasteiger charge is -2.43. The molecule has 150 valence electrons. The number of piperidine rings is 1. The van der Waals surface area contributed by atoms with Crippen molar-refractivity contribution in [2.24, 2.45) is 0 Å². The highest BCUT2D eigenvalue weighted by molar-refractivity contribution is 6.04. The maximum Gasteiger partial charge on any atom is 0.308 e. The van der Waals surface area contributed by atoms with Crippen molar-refractivity contribution in [2.75, 3.05) is 19.7 Å². The zero-order valence-corrected chi connectivity index (χ0v) is 16.1. The van der Waals surface area contributed by atoms with E-state index in [1.165, 1.54) is 0 Å². The zero-order chi connectivity index (χ0) is 19.7. The quantitative estimate of drug-likeness (QED) is 0.581. The number of carbonyl (C=O) groups is 3. The number of hydrogen-bond acceptors (Lipinski definition) is 7. The van der Waals surface area contributed by atoms with Crippen molar-refractivity contribution in [3.8, 4) is 5.75 Å². The number of benzene rings is 1. The van der Waals surface area contributed by atoms with Gasteiger partial charge in [0, 0.05) is 25.1 Å².